The van der Waals surface area contributed by atoms with Gasteiger partial charge in [0.2, 0.25) is 0 Å². The topological polar surface area (TPSA) is 81.6 Å². The largest absolute Gasteiger partial charge is 0.381 e. The highest BCUT2D eigenvalue weighted by Gasteiger charge is 2.04. The van der Waals surface area contributed by atoms with Gasteiger partial charge in [0.05, 0.1) is 17.4 Å². The molecule has 0 bridgehead atoms. The molecule has 0 atom stereocenters. The van der Waals surface area contributed by atoms with Crippen LogP contribution in [0, 0.1) is 0 Å². The molecule has 0 saturated heterocycles. The number of para-hydroxylation sites is 2. The van der Waals surface area contributed by atoms with E-state index in [-0.39, 0.29) is 0 Å². The molecule has 20 heavy (non-hydrogen) atoms. The first kappa shape index (κ1) is 12.4. The number of anilines is 2. The van der Waals surface area contributed by atoms with E-state index in [1.807, 2.05) is 41.4 Å². The summed E-state index contributed by atoms with van der Waals surface area (Å²) in [7, 11) is 0. The first-order valence-corrected chi connectivity index (χ1v) is 6.55. The van der Waals surface area contributed by atoms with Gasteiger partial charge in [-0.15, -0.1) is 0 Å². The zero-order valence-corrected chi connectivity index (χ0v) is 11.0. The van der Waals surface area contributed by atoms with Crippen molar-refractivity contribution in [3.05, 3.63) is 43.0 Å². The number of benzene rings is 1. The Hall–Kier alpha value is -2.63. The van der Waals surface area contributed by atoms with Crippen molar-refractivity contribution in [3.63, 3.8) is 0 Å². The van der Waals surface area contributed by atoms with Gasteiger partial charge in [-0.1, -0.05) is 12.1 Å². The fraction of sp³-hybridized carbons (Fsp3) is 0.214. The molecule has 6 nitrogen and oxygen atoms in total. The Balaban J connectivity index is 1.63. The standard InChI is InChI=1S/C14H16N6/c15-13-14(17-6-3-8-20-9-7-16-10-20)19-12-5-2-1-4-11(12)18-13/h1-2,4-5,7,9-10H,3,6,8H2,(H2,15,18)(H,17,19). The van der Waals surface area contributed by atoms with E-state index in [1.54, 1.807) is 6.20 Å². The number of aromatic nitrogens is 4. The van der Waals surface area contributed by atoms with E-state index in [4.69, 9.17) is 5.73 Å². The molecule has 2 heterocycles. The van der Waals surface area contributed by atoms with Crippen LogP contribution in [0.3, 0.4) is 0 Å². The van der Waals surface area contributed by atoms with Gasteiger partial charge in [0, 0.05) is 25.5 Å². The monoisotopic (exact) mass is 268 g/mol. The van der Waals surface area contributed by atoms with Crippen molar-refractivity contribution in [1.29, 1.82) is 0 Å². The number of nitrogens with one attached hydrogen (secondary N) is 1. The molecule has 0 radical (unpaired) electrons. The van der Waals surface area contributed by atoms with Crippen LogP contribution in [-0.2, 0) is 6.54 Å². The maximum atomic E-state index is 5.91. The quantitative estimate of drug-likeness (QED) is 0.691. The van der Waals surface area contributed by atoms with Gasteiger partial charge in [-0.2, -0.15) is 0 Å². The summed E-state index contributed by atoms with van der Waals surface area (Å²) in [5.41, 5.74) is 7.57. The summed E-state index contributed by atoms with van der Waals surface area (Å²) in [5, 5.41) is 3.24. The molecule has 1 aromatic carbocycles. The molecule has 3 rings (SSSR count). The summed E-state index contributed by atoms with van der Waals surface area (Å²) in [6.45, 7) is 1.70. The van der Waals surface area contributed by atoms with Gasteiger partial charge in [-0.25, -0.2) is 15.0 Å². The Bertz CT molecular complexity index is 692. The van der Waals surface area contributed by atoms with E-state index in [9.17, 15) is 0 Å². The van der Waals surface area contributed by atoms with E-state index >= 15 is 0 Å². The fourth-order valence-corrected chi connectivity index (χ4v) is 2.03. The van der Waals surface area contributed by atoms with Crippen molar-refractivity contribution in [1.82, 2.24) is 19.5 Å². The van der Waals surface area contributed by atoms with Crippen LogP contribution in [0.5, 0.6) is 0 Å². The summed E-state index contributed by atoms with van der Waals surface area (Å²) >= 11 is 0. The lowest BCUT2D eigenvalue weighted by molar-refractivity contribution is 0.660. The van der Waals surface area contributed by atoms with Gasteiger partial charge >= 0.3 is 0 Å². The summed E-state index contributed by atoms with van der Waals surface area (Å²) in [4.78, 5) is 12.8. The zero-order chi connectivity index (χ0) is 13.8. The first-order valence-electron chi connectivity index (χ1n) is 6.55. The molecule has 3 N–H and O–H groups in total. The lowest BCUT2D eigenvalue weighted by atomic mass is 10.3. The summed E-state index contributed by atoms with van der Waals surface area (Å²) in [6.07, 6.45) is 6.50. The zero-order valence-electron chi connectivity index (χ0n) is 11.0. The number of nitrogens with zero attached hydrogens (tertiary/aromatic N) is 4. The molecule has 0 saturated carbocycles. The molecule has 0 spiro atoms. The minimum Gasteiger partial charge on any atom is -0.381 e. The number of nitrogens with two attached hydrogens (primary N) is 1. The van der Waals surface area contributed by atoms with Gasteiger partial charge in [0.25, 0.3) is 0 Å². The van der Waals surface area contributed by atoms with Crippen molar-refractivity contribution < 1.29 is 0 Å². The SMILES string of the molecule is Nc1nc2ccccc2nc1NCCCn1ccnc1. The number of hydrogen-bond acceptors (Lipinski definition) is 5. The second-order valence-corrected chi connectivity index (χ2v) is 4.53. The second kappa shape index (κ2) is 5.56. The van der Waals surface area contributed by atoms with Crippen LogP contribution in [0.4, 0.5) is 11.6 Å². The van der Waals surface area contributed by atoms with Crippen molar-refractivity contribution in [2.24, 2.45) is 0 Å². The fourth-order valence-electron chi connectivity index (χ4n) is 2.03. The minimum atomic E-state index is 0.436. The van der Waals surface area contributed by atoms with Crippen molar-refractivity contribution >= 4 is 22.7 Å². The molecule has 102 valence electrons. The minimum absolute atomic E-state index is 0.436. The maximum Gasteiger partial charge on any atom is 0.169 e. The number of hydrogen-bond donors (Lipinski definition) is 2. The van der Waals surface area contributed by atoms with Crippen LogP contribution >= 0.6 is 0 Å². The van der Waals surface area contributed by atoms with Gasteiger partial charge in [0.1, 0.15) is 0 Å². The van der Waals surface area contributed by atoms with Crippen LogP contribution < -0.4 is 11.1 Å². The molecule has 2 aromatic heterocycles. The van der Waals surface area contributed by atoms with Crippen molar-refractivity contribution in [2.45, 2.75) is 13.0 Å². The number of imidazole rings is 1. The number of rotatable bonds is 5. The van der Waals surface area contributed by atoms with Crippen molar-refractivity contribution in [3.8, 4) is 0 Å². The number of aryl methyl sites for hydroxylation is 1. The van der Waals surface area contributed by atoms with E-state index in [0.717, 1.165) is 30.5 Å². The molecule has 6 heteroatoms. The second-order valence-electron chi connectivity index (χ2n) is 4.53. The summed E-state index contributed by atoms with van der Waals surface area (Å²) in [5.74, 6) is 1.08. The van der Waals surface area contributed by atoms with Crippen LogP contribution in [0.25, 0.3) is 11.0 Å². The van der Waals surface area contributed by atoms with E-state index < -0.39 is 0 Å². The molecule has 0 fully saturated rings. The predicted octanol–water partition coefficient (Wildman–Crippen LogP) is 1.91. The molecule has 0 amide bonds. The molecular formula is C14H16N6. The lowest BCUT2D eigenvalue weighted by Crippen LogP contribution is -2.10. The highest BCUT2D eigenvalue weighted by Crippen LogP contribution is 2.18. The predicted molar refractivity (Wildman–Crippen MR) is 79.3 cm³/mol. The third-order valence-corrected chi connectivity index (χ3v) is 3.04. The number of nitrogen functional groups attached to an aromatic ring is 1. The number of fused-ring (bicyclic) bond motifs is 1. The average Bonchev–Trinajstić information content (AvgIpc) is 2.97. The maximum absolute atomic E-state index is 5.91. The van der Waals surface area contributed by atoms with Crippen LogP contribution in [-0.4, -0.2) is 26.1 Å². The molecule has 0 aliphatic rings. The molecule has 0 aliphatic heterocycles. The molecular weight excluding hydrogens is 252 g/mol. The Morgan fingerprint density at radius 2 is 1.95 bits per heavy atom. The van der Waals surface area contributed by atoms with E-state index in [0.29, 0.717) is 11.6 Å². The van der Waals surface area contributed by atoms with Gasteiger partial charge in [-0.05, 0) is 18.6 Å². The normalized spacial score (nSPS) is 10.8. The van der Waals surface area contributed by atoms with Gasteiger partial charge < -0.3 is 15.6 Å². The smallest absolute Gasteiger partial charge is 0.169 e. The van der Waals surface area contributed by atoms with Crippen molar-refractivity contribution in [2.75, 3.05) is 17.6 Å². The lowest BCUT2D eigenvalue weighted by Gasteiger charge is -2.09. The average molecular weight is 268 g/mol. The van der Waals surface area contributed by atoms with Gasteiger partial charge in [-0.3, -0.25) is 0 Å². The molecule has 0 aliphatic carbocycles. The van der Waals surface area contributed by atoms with Crippen LogP contribution in [0.2, 0.25) is 0 Å². The molecule has 3 aromatic rings. The van der Waals surface area contributed by atoms with Crippen LogP contribution in [0.15, 0.2) is 43.0 Å². The highest BCUT2D eigenvalue weighted by atomic mass is 15.1. The van der Waals surface area contributed by atoms with Crippen LogP contribution in [0.1, 0.15) is 6.42 Å². The molecule has 0 unspecified atom stereocenters. The summed E-state index contributed by atoms with van der Waals surface area (Å²) < 4.78 is 2.04. The Morgan fingerprint density at radius 3 is 2.70 bits per heavy atom. The Kier molecular flexibility index (Phi) is 3.45. The third kappa shape index (κ3) is 2.69. The Morgan fingerprint density at radius 1 is 1.15 bits per heavy atom. The Labute approximate surface area is 116 Å². The first-order chi connectivity index (χ1) is 9.83. The summed E-state index contributed by atoms with van der Waals surface area (Å²) in [6, 6.07) is 7.70. The van der Waals surface area contributed by atoms with E-state index in [2.05, 4.69) is 20.3 Å². The van der Waals surface area contributed by atoms with E-state index in [1.165, 1.54) is 0 Å². The highest BCUT2D eigenvalue weighted by molar-refractivity contribution is 5.79. The van der Waals surface area contributed by atoms with Gasteiger partial charge in [0.15, 0.2) is 11.6 Å². The third-order valence-electron chi connectivity index (χ3n) is 3.04.